The van der Waals surface area contributed by atoms with Crippen molar-refractivity contribution in [2.75, 3.05) is 20.3 Å². The van der Waals surface area contributed by atoms with Gasteiger partial charge in [-0.2, -0.15) is 0 Å². The first-order valence-corrected chi connectivity index (χ1v) is 9.30. The van der Waals surface area contributed by atoms with Crippen LogP contribution >= 0.6 is 0 Å². The van der Waals surface area contributed by atoms with Gasteiger partial charge < -0.3 is 14.2 Å². The molecule has 4 heteroatoms. The van der Waals surface area contributed by atoms with E-state index in [4.69, 9.17) is 14.2 Å². The normalized spacial score (nSPS) is 10.3. The third-order valence-corrected chi connectivity index (χ3v) is 4.15. The summed E-state index contributed by atoms with van der Waals surface area (Å²) in [7, 11) is 1.66. The van der Waals surface area contributed by atoms with Gasteiger partial charge in [-0.05, 0) is 55.9 Å². The van der Waals surface area contributed by atoms with Crippen LogP contribution in [0.1, 0.15) is 32.6 Å². The number of methoxy groups -OCH3 is 1. The monoisotopic (exact) mass is 368 g/mol. The summed E-state index contributed by atoms with van der Waals surface area (Å²) in [5.74, 6) is 1.18. The van der Waals surface area contributed by atoms with Gasteiger partial charge in [0, 0.05) is 5.57 Å². The van der Waals surface area contributed by atoms with Crippen LogP contribution < -0.4 is 9.47 Å². The lowest BCUT2D eigenvalue weighted by atomic mass is 10.1. The zero-order valence-corrected chi connectivity index (χ0v) is 16.2. The molecule has 0 heterocycles. The maximum atomic E-state index is 11.3. The number of carbonyl (C=O) groups is 1. The van der Waals surface area contributed by atoms with Gasteiger partial charge in [0.2, 0.25) is 0 Å². The van der Waals surface area contributed by atoms with E-state index in [9.17, 15) is 4.79 Å². The van der Waals surface area contributed by atoms with Crippen LogP contribution in [0.25, 0.3) is 11.1 Å². The molecule has 0 atom stereocenters. The summed E-state index contributed by atoms with van der Waals surface area (Å²) in [4.78, 5) is 11.3. The van der Waals surface area contributed by atoms with E-state index in [2.05, 4.69) is 18.7 Å². The van der Waals surface area contributed by atoms with E-state index in [0.717, 1.165) is 48.3 Å². The van der Waals surface area contributed by atoms with Crippen LogP contribution in [0.15, 0.2) is 60.7 Å². The zero-order chi connectivity index (χ0) is 19.5. The maximum Gasteiger partial charge on any atom is 0.333 e. The molecule has 2 aromatic carbocycles. The molecule has 0 aliphatic carbocycles. The first-order chi connectivity index (χ1) is 13.1. The van der Waals surface area contributed by atoms with Gasteiger partial charge in [0.15, 0.2) is 11.5 Å². The average Bonchev–Trinajstić information content (AvgIpc) is 2.70. The molecule has 0 bridgehead atoms. The molecule has 0 saturated carbocycles. The SMILES string of the molecule is C=C(C)C(=O)OCCCCCCOc1ccc(-c2ccccc2)cc1OC. The smallest absolute Gasteiger partial charge is 0.333 e. The first kappa shape index (κ1) is 20.6. The number of hydrogen-bond acceptors (Lipinski definition) is 4. The summed E-state index contributed by atoms with van der Waals surface area (Å²) in [5.41, 5.74) is 2.69. The lowest BCUT2D eigenvalue weighted by Gasteiger charge is -2.12. The second-order valence-electron chi connectivity index (χ2n) is 6.41. The highest BCUT2D eigenvalue weighted by Gasteiger charge is 2.07. The Hall–Kier alpha value is -2.75. The topological polar surface area (TPSA) is 44.8 Å². The molecular weight excluding hydrogens is 340 g/mol. The van der Waals surface area contributed by atoms with Crippen molar-refractivity contribution in [1.82, 2.24) is 0 Å². The second-order valence-corrected chi connectivity index (χ2v) is 6.41. The van der Waals surface area contributed by atoms with Gasteiger partial charge in [-0.3, -0.25) is 0 Å². The number of ether oxygens (including phenoxy) is 3. The fourth-order valence-electron chi connectivity index (χ4n) is 2.62. The van der Waals surface area contributed by atoms with Crippen molar-refractivity contribution in [1.29, 1.82) is 0 Å². The maximum absolute atomic E-state index is 11.3. The summed E-state index contributed by atoms with van der Waals surface area (Å²) >= 11 is 0. The molecule has 27 heavy (non-hydrogen) atoms. The van der Waals surface area contributed by atoms with Gasteiger partial charge in [-0.15, -0.1) is 0 Å². The molecule has 2 aromatic rings. The molecule has 2 rings (SSSR count). The minimum absolute atomic E-state index is 0.315. The Morgan fingerprint density at radius 3 is 2.26 bits per heavy atom. The minimum Gasteiger partial charge on any atom is -0.493 e. The summed E-state index contributed by atoms with van der Waals surface area (Å²) in [6.07, 6.45) is 3.82. The van der Waals surface area contributed by atoms with Crippen LogP contribution in [0.2, 0.25) is 0 Å². The van der Waals surface area contributed by atoms with Crippen LogP contribution in [0.5, 0.6) is 11.5 Å². The highest BCUT2D eigenvalue weighted by Crippen LogP contribution is 2.32. The van der Waals surface area contributed by atoms with Gasteiger partial charge in [0.1, 0.15) is 0 Å². The van der Waals surface area contributed by atoms with Gasteiger partial charge in [0.25, 0.3) is 0 Å². The zero-order valence-electron chi connectivity index (χ0n) is 16.2. The van der Waals surface area contributed by atoms with Crippen molar-refractivity contribution in [3.05, 3.63) is 60.7 Å². The Labute approximate surface area is 161 Å². The molecule has 0 spiro atoms. The molecule has 0 aliphatic rings. The fourth-order valence-corrected chi connectivity index (χ4v) is 2.62. The van der Waals surface area contributed by atoms with E-state index >= 15 is 0 Å². The number of esters is 1. The predicted octanol–water partition coefficient (Wildman–Crippen LogP) is 5.42. The third-order valence-electron chi connectivity index (χ3n) is 4.15. The number of rotatable bonds is 11. The lowest BCUT2D eigenvalue weighted by Crippen LogP contribution is -2.06. The van der Waals surface area contributed by atoms with Gasteiger partial charge in [0.05, 0.1) is 20.3 Å². The van der Waals surface area contributed by atoms with E-state index < -0.39 is 0 Å². The molecular formula is C23H28O4. The van der Waals surface area contributed by atoms with Crippen molar-refractivity contribution >= 4 is 5.97 Å². The first-order valence-electron chi connectivity index (χ1n) is 9.30. The Morgan fingerprint density at radius 2 is 1.59 bits per heavy atom. The van der Waals surface area contributed by atoms with Crippen LogP contribution in [-0.4, -0.2) is 26.3 Å². The number of unbranched alkanes of at least 4 members (excludes halogenated alkanes) is 3. The standard InChI is InChI=1S/C23H28O4/c1-18(2)23(24)27-16-10-5-4-9-15-26-21-14-13-20(17-22(21)25-3)19-11-7-6-8-12-19/h6-8,11-14,17H,1,4-5,9-10,15-16H2,2-3H3. The summed E-state index contributed by atoms with van der Waals surface area (Å²) in [6, 6.07) is 16.2. The number of carbonyl (C=O) groups excluding carboxylic acids is 1. The van der Waals surface area contributed by atoms with E-state index in [-0.39, 0.29) is 5.97 Å². The van der Waals surface area contributed by atoms with E-state index in [1.165, 1.54) is 0 Å². The molecule has 0 aliphatic heterocycles. The van der Waals surface area contributed by atoms with Crippen molar-refractivity contribution in [2.45, 2.75) is 32.6 Å². The molecule has 0 aromatic heterocycles. The largest absolute Gasteiger partial charge is 0.493 e. The van der Waals surface area contributed by atoms with Gasteiger partial charge in [-0.1, -0.05) is 43.0 Å². The highest BCUT2D eigenvalue weighted by atomic mass is 16.5. The van der Waals surface area contributed by atoms with E-state index in [0.29, 0.717) is 18.8 Å². The highest BCUT2D eigenvalue weighted by molar-refractivity contribution is 5.86. The van der Waals surface area contributed by atoms with Crippen LogP contribution in [0.3, 0.4) is 0 Å². The Balaban J connectivity index is 1.71. The Bertz CT molecular complexity index is 737. The van der Waals surface area contributed by atoms with Crippen LogP contribution in [-0.2, 0) is 9.53 Å². The average molecular weight is 368 g/mol. The predicted molar refractivity (Wildman–Crippen MR) is 108 cm³/mol. The molecule has 0 amide bonds. The Morgan fingerprint density at radius 1 is 0.889 bits per heavy atom. The quantitative estimate of drug-likeness (QED) is 0.302. The van der Waals surface area contributed by atoms with E-state index in [1.807, 2.05) is 36.4 Å². The fraction of sp³-hybridized carbons (Fsp3) is 0.348. The molecule has 0 fully saturated rings. The molecule has 0 unspecified atom stereocenters. The third kappa shape index (κ3) is 6.81. The molecule has 4 nitrogen and oxygen atoms in total. The van der Waals surface area contributed by atoms with Crippen molar-refractivity contribution in [3.63, 3.8) is 0 Å². The number of hydrogen-bond donors (Lipinski definition) is 0. The minimum atomic E-state index is -0.315. The molecule has 0 radical (unpaired) electrons. The molecule has 0 N–H and O–H groups in total. The van der Waals surface area contributed by atoms with Gasteiger partial charge >= 0.3 is 5.97 Å². The molecule has 0 saturated heterocycles. The Kier molecular flexibility index (Phi) is 8.43. The van der Waals surface area contributed by atoms with E-state index in [1.54, 1.807) is 14.0 Å². The van der Waals surface area contributed by atoms with Crippen molar-refractivity contribution in [2.24, 2.45) is 0 Å². The van der Waals surface area contributed by atoms with Crippen LogP contribution in [0.4, 0.5) is 0 Å². The van der Waals surface area contributed by atoms with Gasteiger partial charge in [-0.25, -0.2) is 4.79 Å². The lowest BCUT2D eigenvalue weighted by molar-refractivity contribution is -0.139. The van der Waals surface area contributed by atoms with Crippen LogP contribution in [0, 0.1) is 0 Å². The number of benzene rings is 2. The summed E-state index contributed by atoms with van der Waals surface area (Å²) in [6.45, 7) is 6.29. The van der Waals surface area contributed by atoms with Crippen molar-refractivity contribution < 1.29 is 19.0 Å². The summed E-state index contributed by atoms with van der Waals surface area (Å²) < 4.78 is 16.4. The molecule has 144 valence electrons. The van der Waals surface area contributed by atoms with Crippen molar-refractivity contribution in [3.8, 4) is 22.6 Å². The second kappa shape index (κ2) is 11.1. The summed E-state index contributed by atoms with van der Waals surface area (Å²) in [5, 5.41) is 0.